The highest BCUT2D eigenvalue weighted by atomic mass is 35.5. The SMILES string of the molecule is C[N-]c1ccc(C(F)(F)F)cc1Cl. The molecule has 0 aromatic heterocycles. The molecule has 0 aliphatic carbocycles. The van der Waals surface area contributed by atoms with Gasteiger partial charge in [-0.05, 0) is 6.07 Å². The molecule has 0 unspecified atom stereocenters. The number of nitrogens with zero attached hydrogens (tertiary/aromatic N) is 1. The molecular weight excluding hydrogens is 203 g/mol. The van der Waals surface area contributed by atoms with Crippen molar-refractivity contribution in [1.82, 2.24) is 0 Å². The topological polar surface area (TPSA) is 14.1 Å². The predicted molar refractivity (Wildman–Crippen MR) is 45.4 cm³/mol. The maximum atomic E-state index is 12.1. The van der Waals surface area contributed by atoms with Crippen LogP contribution in [0, 0.1) is 0 Å². The van der Waals surface area contributed by atoms with E-state index in [0.717, 1.165) is 12.1 Å². The van der Waals surface area contributed by atoms with E-state index in [1.165, 1.54) is 13.1 Å². The summed E-state index contributed by atoms with van der Waals surface area (Å²) in [7, 11) is 1.47. The van der Waals surface area contributed by atoms with Gasteiger partial charge in [-0.3, -0.25) is 0 Å². The van der Waals surface area contributed by atoms with Gasteiger partial charge in [0.2, 0.25) is 0 Å². The van der Waals surface area contributed by atoms with Crippen molar-refractivity contribution in [3.05, 3.63) is 34.1 Å². The van der Waals surface area contributed by atoms with Gasteiger partial charge in [-0.1, -0.05) is 23.7 Å². The number of hydrogen-bond acceptors (Lipinski definition) is 0. The van der Waals surface area contributed by atoms with Gasteiger partial charge in [-0.15, -0.1) is 12.7 Å². The van der Waals surface area contributed by atoms with Gasteiger partial charge in [0.05, 0.1) is 5.56 Å². The van der Waals surface area contributed by atoms with Crippen LogP contribution in [0.1, 0.15) is 5.56 Å². The van der Waals surface area contributed by atoms with Crippen molar-refractivity contribution >= 4 is 17.3 Å². The third-order valence-corrected chi connectivity index (χ3v) is 1.82. The average molecular weight is 209 g/mol. The van der Waals surface area contributed by atoms with Crippen molar-refractivity contribution in [2.24, 2.45) is 0 Å². The van der Waals surface area contributed by atoms with Gasteiger partial charge < -0.3 is 5.32 Å². The van der Waals surface area contributed by atoms with Crippen molar-refractivity contribution in [1.29, 1.82) is 0 Å². The van der Waals surface area contributed by atoms with Crippen LogP contribution >= 0.6 is 11.6 Å². The molecule has 13 heavy (non-hydrogen) atoms. The predicted octanol–water partition coefficient (Wildman–Crippen LogP) is 3.99. The van der Waals surface area contributed by atoms with Gasteiger partial charge in [-0.25, -0.2) is 0 Å². The first-order valence-corrected chi connectivity index (χ1v) is 3.79. The molecule has 0 radical (unpaired) electrons. The molecule has 0 N–H and O–H groups in total. The summed E-state index contributed by atoms with van der Waals surface area (Å²) < 4.78 is 36.3. The third kappa shape index (κ3) is 2.28. The van der Waals surface area contributed by atoms with Crippen molar-refractivity contribution in [3.63, 3.8) is 0 Å². The lowest BCUT2D eigenvalue weighted by Crippen LogP contribution is -2.04. The Morgan fingerprint density at radius 1 is 1.31 bits per heavy atom. The quantitative estimate of drug-likeness (QED) is 0.663. The maximum absolute atomic E-state index is 12.1. The van der Waals surface area contributed by atoms with E-state index in [9.17, 15) is 13.2 Å². The Morgan fingerprint density at radius 2 is 1.92 bits per heavy atom. The van der Waals surface area contributed by atoms with Crippen molar-refractivity contribution < 1.29 is 13.2 Å². The zero-order valence-corrected chi connectivity index (χ0v) is 7.45. The first-order chi connectivity index (χ1) is 5.95. The fourth-order valence-electron chi connectivity index (χ4n) is 0.865. The summed E-state index contributed by atoms with van der Waals surface area (Å²) in [6, 6.07) is 3.06. The van der Waals surface area contributed by atoms with Gasteiger partial charge in [0, 0.05) is 5.02 Å². The summed E-state index contributed by atoms with van der Waals surface area (Å²) in [6.07, 6.45) is -4.35. The van der Waals surface area contributed by atoms with E-state index in [-0.39, 0.29) is 5.02 Å². The van der Waals surface area contributed by atoms with Crippen LogP contribution in [-0.4, -0.2) is 7.05 Å². The van der Waals surface area contributed by atoms with Crippen LogP contribution in [0.2, 0.25) is 5.02 Å². The zero-order chi connectivity index (χ0) is 10.1. The lowest BCUT2D eigenvalue weighted by Gasteiger charge is -2.17. The van der Waals surface area contributed by atoms with Gasteiger partial charge in [0.25, 0.3) is 0 Å². The van der Waals surface area contributed by atoms with Crippen LogP contribution in [0.4, 0.5) is 18.9 Å². The minimum absolute atomic E-state index is 0.0114. The molecule has 1 aromatic rings. The maximum Gasteiger partial charge on any atom is 0.416 e. The van der Waals surface area contributed by atoms with E-state index in [1.54, 1.807) is 0 Å². The minimum atomic E-state index is -4.35. The molecule has 0 saturated carbocycles. The number of rotatable bonds is 1. The van der Waals surface area contributed by atoms with Gasteiger partial charge in [0.15, 0.2) is 0 Å². The fraction of sp³-hybridized carbons (Fsp3) is 0.250. The lowest BCUT2D eigenvalue weighted by atomic mass is 10.2. The van der Waals surface area contributed by atoms with Crippen LogP contribution in [0.15, 0.2) is 18.2 Å². The first kappa shape index (κ1) is 10.2. The van der Waals surface area contributed by atoms with Crippen molar-refractivity contribution in [2.75, 3.05) is 7.05 Å². The largest absolute Gasteiger partial charge is 0.686 e. The monoisotopic (exact) mass is 208 g/mol. The van der Waals surface area contributed by atoms with Crippen LogP contribution in [-0.2, 0) is 6.18 Å². The molecule has 1 rings (SSSR count). The van der Waals surface area contributed by atoms with Gasteiger partial charge in [-0.2, -0.15) is 13.2 Å². The summed E-state index contributed by atoms with van der Waals surface area (Å²) in [5, 5.41) is 3.71. The summed E-state index contributed by atoms with van der Waals surface area (Å²) in [5.74, 6) is 0. The van der Waals surface area contributed by atoms with Crippen LogP contribution in [0.3, 0.4) is 0 Å². The van der Waals surface area contributed by atoms with E-state index >= 15 is 0 Å². The molecule has 72 valence electrons. The number of alkyl halides is 3. The van der Waals surface area contributed by atoms with Crippen LogP contribution in [0.25, 0.3) is 5.32 Å². The van der Waals surface area contributed by atoms with E-state index < -0.39 is 11.7 Å². The molecule has 1 nitrogen and oxygen atoms in total. The summed E-state index contributed by atoms with van der Waals surface area (Å²) >= 11 is 5.54. The third-order valence-electron chi connectivity index (χ3n) is 1.52. The second kappa shape index (κ2) is 3.46. The van der Waals surface area contributed by atoms with E-state index in [0.29, 0.717) is 5.69 Å². The number of hydrogen-bond donors (Lipinski definition) is 0. The molecule has 0 aliphatic rings. The molecule has 1 aromatic carbocycles. The highest BCUT2D eigenvalue weighted by molar-refractivity contribution is 6.33. The summed E-state index contributed by atoms with van der Waals surface area (Å²) in [4.78, 5) is 0. The molecule has 0 atom stereocenters. The molecule has 5 heteroatoms. The molecule has 0 aliphatic heterocycles. The highest BCUT2D eigenvalue weighted by Crippen LogP contribution is 2.35. The molecule has 0 spiro atoms. The molecule has 0 fully saturated rings. The van der Waals surface area contributed by atoms with E-state index in [4.69, 9.17) is 11.6 Å². The van der Waals surface area contributed by atoms with Gasteiger partial charge in [0.1, 0.15) is 0 Å². The Morgan fingerprint density at radius 3 is 2.31 bits per heavy atom. The standard InChI is InChI=1S/C8H6ClF3N/c1-13-7-3-2-5(4-6(7)9)8(10,11)12/h2-4H,1H3/q-1. The smallest absolute Gasteiger partial charge is 0.416 e. The van der Waals surface area contributed by atoms with Crippen molar-refractivity contribution in [3.8, 4) is 0 Å². The average Bonchev–Trinajstić information content (AvgIpc) is 2.02. The van der Waals surface area contributed by atoms with Crippen LogP contribution < -0.4 is 0 Å². The minimum Gasteiger partial charge on any atom is -0.686 e. The second-order valence-corrected chi connectivity index (χ2v) is 2.79. The van der Waals surface area contributed by atoms with E-state index in [1.807, 2.05) is 0 Å². The molecular formula is C8H6ClF3N-. The van der Waals surface area contributed by atoms with E-state index in [2.05, 4.69) is 5.32 Å². The summed E-state index contributed by atoms with van der Waals surface area (Å²) in [6.45, 7) is 0. The Balaban J connectivity index is 3.10. The summed E-state index contributed by atoms with van der Waals surface area (Å²) in [5.41, 5.74) is -0.403. The Bertz CT molecular complexity index is 309. The fourth-order valence-corrected chi connectivity index (χ4v) is 1.13. The normalized spacial score (nSPS) is 11.5. The van der Waals surface area contributed by atoms with Gasteiger partial charge >= 0.3 is 6.18 Å². The molecule has 0 saturated heterocycles. The molecule has 0 amide bonds. The second-order valence-electron chi connectivity index (χ2n) is 2.39. The number of benzene rings is 1. The first-order valence-electron chi connectivity index (χ1n) is 3.41. The Labute approximate surface area is 78.5 Å². The Hall–Kier alpha value is -0.900. The zero-order valence-electron chi connectivity index (χ0n) is 6.69. The lowest BCUT2D eigenvalue weighted by molar-refractivity contribution is -0.137. The molecule has 0 bridgehead atoms. The van der Waals surface area contributed by atoms with Crippen LogP contribution in [0.5, 0.6) is 0 Å². The highest BCUT2D eigenvalue weighted by Gasteiger charge is 2.30. The number of halogens is 4. The molecule has 0 heterocycles. The van der Waals surface area contributed by atoms with Crippen molar-refractivity contribution in [2.45, 2.75) is 6.18 Å². The Kier molecular flexibility index (Phi) is 2.71.